The van der Waals surface area contributed by atoms with Gasteiger partial charge in [-0.2, -0.15) is 0 Å². The molecule has 0 unspecified atom stereocenters. The second-order valence-electron chi connectivity index (χ2n) is 15.9. The lowest BCUT2D eigenvalue weighted by atomic mass is 9.18. The number of benzene rings is 2. The Kier molecular flexibility index (Phi) is 4.29. The second-order valence-corrected chi connectivity index (χ2v) is 15.9. The summed E-state index contributed by atoms with van der Waals surface area (Å²) in [7, 11) is 3.74. The lowest BCUT2D eigenvalue weighted by Gasteiger charge is -2.85. The summed E-state index contributed by atoms with van der Waals surface area (Å²) in [6.45, 7) is 5.99. The molecule has 0 aromatic heterocycles. The van der Waals surface area contributed by atoms with Crippen LogP contribution in [0.3, 0.4) is 0 Å². The Hall–Kier alpha value is -1.78. The molecule has 8 saturated carbocycles. The van der Waals surface area contributed by atoms with Crippen LogP contribution in [-0.4, -0.2) is 37.6 Å². The zero-order valence-electron chi connectivity index (χ0n) is 24.3. The lowest BCUT2D eigenvalue weighted by molar-refractivity contribution is -0.378. The van der Waals surface area contributed by atoms with E-state index in [-0.39, 0.29) is 13.2 Å². The summed E-state index contributed by atoms with van der Waals surface area (Å²) in [6, 6.07) is 8.71. The predicted octanol–water partition coefficient (Wildman–Crippen LogP) is 6.09. The van der Waals surface area contributed by atoms with Gasteiger partial charge in [-0.1, -0.05) is 38.1 Å². The zero-order chi connectivity index (χ0) is 27.0. The predicted molar refractivity (Wildman–Crippen MR) is 153 cm³/mol. The maximum atomic E-state index is 10.5. The fourth-order valence-corrected chi connectivity index (χ4v) is 15.8. The number of fused-ring (bicyclic) bond motifs is 21. The normalized spacial score (nSPS) is 54.8. The van der Waals surface area contributed by atoms with E-state index in [1.54, 1.807) is 0 Å². The Morgan fingerprint density at radius 2 is 1.12 bits per heavy atom. The molecular weight excluding hydrogens is 496 g/mol. The summed E-state index contributed by atoms with van der Waals surface area (Å²) in [5.74, 6) is 11.8. The molecule has 16 atom stereocenters. The van der Waals surface area contributed by atoms with Gasteiger partial charge in [-0.25, -0.2) is 0 Å². The van der Waals surface area contributed by atoms with Gasteiger partial charge in [0.25, 0.3) is 0 Å². The van der Waals surface area contributed by atoms with Crippen molar-refractivity contribution in [1.82, 2.24) is 0 Å². The summed E-state index contributed by atoms with van der Waals surface area (Å²) in [6.07, 6.45) is 5.27. The quantitative estimate of drug-likeness (QED) is 0.461. The van der Waals surface area contributed by atoms with Gasteiger partial charge >= 0.3 is 0 Å². The van der Waals surface area contributed by atoms with Crippen LogP contribution in [0.15, 0.2) is 24.3 Å². The molecule has 0 spiro atoms. The number of aliphatic hydroxyl groups excluding tert-OH is 2. The minimum absolute atomic E-state index is 0.275. The van der Waals surface area contributed by atoms with Gasteiger partial charge in [0.1, 0.15) is 11.5 Å². The third kappa shape index (κ3) is 2.07. The highest BCUT2D eigenvalue weighted by Crippen LogP contribution is 2.96. The van der Waals surface area contributed by atoms with Crippen LogP contribution in [0.1, 0.15) is 62.5 Å². The Bertz CT molecular complexity index is 1360. The molecule has 0 saturated heterocycles. The van der Waals surface area contributed by atoms with E-state index in [1.807, 2.05) is 14.2 Å². The molecule has 4 heteroatoms. The summed E-state index contributed by atoms with van der Waals surface area (Å²) in [5, 5.41) is 23.3. The van der Waals surface area contributed by atoms with E-state index < -0.39 is 0 Å². The highest BCUT2D eigenvalue weighted by molar-refractivity contribution is 5.97. The molecule has 0 radical (unpaired) electrons. The molecule has 40 heavy (non-hydrogen) atoms. The van der Waals surface area contributed by atoms with Crippen molar-refractivity contribution >= 4 is 10.8 Å². The van der Waals surface area contributed by atoms with Crippen molar-refractivity contribution in [2.24, 2.45) is 81.8 Å². The van der Waals surface area contributed by atoms with Gasteiger partial charge in [0.2, 0.25) is 0 Å². The van der Waals surface area contributed by atoms with Gasteiger partial charge in [-0.05, 0) is 119 Å². The van der Waals surface area contributed by atoms with E-state index in [4.69, 9.17) is 9.47 Å². The topological polar surface area (TPSA) is 58.9 Å². The molecule has 11 rings (SSSR count). The number of rotatable bonds is 4. The van der Waals surface area contributed by atoms with Gasteiger partial charge in [-0.15, -0.1) is 0 Å². The average molecular weight is 541 g/mol. The minimum atomic E-state index is 0.275. The molecule has 0 heterocycles. The third-order valence-corrected chi connectivity index (χ3v) is 16.2. The van der Waals surface area contributed by atoms with E-state index in [0.29, 0.717) is 46.3 Å². The average Bonchev–Trinajstić information content (AvgIpc) is 3.76. The largest absolute Gasteiger partial charge is 0.496 e. The van der Waals surface area contributed by atoms with E-state index in [1.165, 1.54) is 47.6 Å². The fraction of sp³-hybridized carbons (Fsp3) is 0.722. The molecule has 2 N–H and O–H groups in total. The van der Waals surface area contributed by atoms with Crippen LogP contribution in [0.4, 0.5) is 0 Å². The van der Waals surface area contributed by atoms with Crippen molar-refractivity contribution in [3.05, 3.63) is 35.4 Å². The maximum absolute atomic E-state index is 10.5. The van der Waals surface area contributed by atoms with Crippen LogP contribution in [0.5, 0.6) is 11.5 Å². The number of hydrogen-bond acceptors (Lipinski definition) is 4. The third-order valence-electron chi connectivity index (χ3n) is 16.2. The summed E-state index contributed by atoms with van der Waals surface area (Å²) in [5.41, 5.74) is 3.80. The first-order chi connectivity index (χ1) is 19.5. The van der Waals surface area contributed by atoms with Gasteiger partial charge in [0.15, 0.2) is 0 Å². The SMILES string of the molecule is COc1c2c(c(OC)c3ccccc13)[C@@H]1C[C@H]2[C@@H]2[C@H]1[C@@]1(C)[C@@H]3[C@@H]4C[C@@H]([C@H]5[C@H]6CC[C@H]([C@@H](CO)[C@@H]6CO)[C@@H]45)[C@@H]3[C@@]21C. The lowest BCUT2D eigenvalue weighted by Crippen LogP contribution is -2.81. The molecule has 6 bridgehead atoms. The summed E-state index contributed by atoms with van der Waals surface area (Å²) in [4.78, 5) is 0. The van der Waals surface area contributed by atoms with Gasteiger partial charge in [0, 0.05) is 35.1 Å². The molecule has 0 aliphatic heterocycles. The van der Waals surface area contributed by atoms with E-state index in [9.17, 15) is 10.2 Å². The van der Waals surface area contributed by atoms with Gasteiger partial charge < -0.3 is 19.7 Å². The van der Waals surface area contributed by atoms with Crippen molar-refractivity contribution < 1.29 is 19.7 Å². The Balaban J connectivity index is 1.10. The van der Waals surface area contributed by atoms with Crippen LogP contribution < -0.4 is 9.47 Å². The molecule has 4 nitrogen and oxygen atoms in total. The fourth-order valence-electron chi connectivity index (χ4n) is 15.8. The molecule has 212 valence electrons. The van der Waals surface area contributed by atoms with Gasteiger partial charge in [0.05, 0.1) is 14.2 Å². The first-order valence-corrected chi connectivity index (χ1v) is 16.3. The van der Waals surface area contributed by atoms with E-state index >= 15 is 0 Å². The number of methoxy groups -OCH3 is 2. The van der Waals surface area contributed by atoms with E-state index in [0.717, 1.165) is 58.8 Å². The second kappa shape index (κ2) is 7.22. The first kappa shape index (κ1) is 23.7. The van der Waals surface area contributed by atoms with Crippen molar-refractivity contribution in [1.29, 1.82) is 0 Å². The van der Waals surface area contributed by atoms with Crippen LogP contribution >= 0.6 is 0 Å². The minimum Gasteiger partial charge on any atom is -0.496 e. The molecular formula is C36H44O4. The summed E-state index contributed by atoms with van der Waals surface area (Å²) < 4.78 is 12.5. The van der Waals surface area contributed by atoms with Crippen LogP contribution in [0.2, 0.25) is 0 Å². The van der Waals surface area contributed by atoms with Crippen LogP contribution in [-0.2, 0) is 0 Å². The summed E-state index contributed by atoms with van der Waals surface area (Å²) >= 11 is 0. The number of aliphatic hydroxyl groups is 2. The Morgan fingerprint density at radius 3 is 1.52 bits per heavy atom. The molecule has 2 aromatic carbocycles. The monoisotopic (exact) mass is 540 g/mol. The maximum Gasteiger partial charge on any atom is 0.130 e. The Labute approximate surface area is 237 Å². The van der Waals surface area contributed by atoms with Crippen molar-refractivity contribution in [3.63, 3.8) is 0 Å². The smallest absolute Gasteiger partial charge is 0.130 e. The molecule has 2 aromatic rings. The number of ether oxygens (including phenoxy) is 2. The van der Waals surface area contributed by atoms with Gasteiger partial charge in [-0.3, -0.25) is 0 Å². The molecule has 9 aliphatic rings. The van der Waals surface area contributed by atoms with Crippen molar-refractivity contribution in [2.45, 2.75) is 51.4 Å². The molecule has 0 amide bonds. The zero-order valence-corrected chi connectivity index (χ0v) is 24.3. The number of hydrogen-bond donors (Lipinski definition) is 2. The first-order valence-electron chi connectivity index (χ1n) is 16.3. The van der Waals surface area contributed by atoms with Crippen LogP contribution in [0.25, 0.3) is 10.8 Å². The Morgan fingerprint density at radius 1 is 0.675 bits per heavy atom. The van der Waals surface area contributed by atoms with Crippen LogP contribution in [0, 0.1) is 81.8 Å². The highest BCUT2D eigenvalue weighted by atomic mass is 16.5. The molecule has 9 aliphatic carbocycles. The van der Waals surface area contributed by atoms with Crippen molar-refractivity contribution in [3.8, 4) is 11.5 Å². The highest BCUT2D eigenvalue weighted by Gasteiger charge is 2.90. The van der Waals surface area contributed by atoms with E-state index in [2.05, 4.69) is 38.1 Å². The van der Waals surface area contributed by atoms with Crippen molar-refractivity contribution in [2.75, 3.05) is 27.4 Å². The molecule has 8 fully saturated rings. The standard InChI is InChI=1S/C36H44O4/c1-35-29-19-11-20(26-16-10-9-15(25(19)26)23(13-37)24(16)14-38)30(29)36(35,2)32-22-12-21(31(32)35)27-28(22)34(40-4)18-8-6-5-7-17(18)33(27)39-3/h5-8,15-16,19-26,29-32,37-38H,9-14H2,1-4H3/t15-,16+,19-,20+,21+,22-,23-,24-,25+,26-,29-,30+,31+,32-,35-,36+/m1/s1.